The van der Waals surface area contributed by atoms with E-state index in [4.69, 9.17) is 0 Å². The van der Waals surface area contributed by atoms with E-state index in [2.05, 4.69) is 44.4 Å². The molecule has 0 aromatic carbocycles. The summed E-state index contributed by atoms with van der Waals surface area (Å²) in [5, 5.41) is 4.00. The standard InChI is InChI=1S/C9H13NS/c1-6(2)8-5-4-7(3)10-9(8)11/h4-6,10-11H,3H2,1-2H3. The molecule has 11 heavy (non-hydrogen) atoms. The Morgan fingerprint density at radius 1 is 1.45 bits per heavy atom. The van der Waals surface area contributed by atoms with Gasteiger partial charge in [0, 0.05) is 5.70 Å². The first kappa shape index (κ1) is 8.47. The Hall–Kier alpha value is -0.630. The maximum absolute atomic E-state index is 4.31. The van der Waals surface area contributed by atoms with Crippen molar-refractivity contribution in [3.63, 3.8) is 0 Å². The molecule has 0 unspecified atom stereocenters. The number of dihydropyridines is 1. The minimum Gasteiger partial charge on any atom is -0.351 e. The topological polar surface area (TPSA) is 12.0 Å². The van der Waals surface area contributed by atoms with Crippen LogP contribution in [0.15, 0.2) is 35.0 Å². The monoisotopic (exact) mass is 167 g/mol. The van der Waals surface area contributed by atoms with Crippen molar-refractivity contribution in [1.29, 1.82) is 0 Å². The van der Waals surface area contributed by atoms with Crippen molar-refractivity contribution in [2.75, 3.05) is 0 Å². The van der Waals surface area contributed by atoms with Crippen LogP contribution in [0.3, 0.4) is 0 Å². The summed E-state index contributed by atoms with van der Waals surface area (Å²) in [5.74, 6) is 0.513. The van der Waals surface area contributed by atoms with Crippen molar-refractivity contribution in [2.45, 2.75) is 13.8 Å². The van der Waals surface area contributed by atoms with Gasteiger partial charge in [0.25, 0.3) is 0 Å². The predicted molar refractivity (Wildman–Crippen MR) is 52.3 cm³/mol. The molecule has 60 valence electrons. The van der Waals surface area contributed by atoms with Crippen LogP contribution in [0.25, 0.3) is 0 Å². The summed E-state index contributed by atoms with van der Waals surface area (Å²) in [4.78, 5) is 0. The van der Waals surface area contributed by atoms with E-state index in [1.807, 2.05) is 6.08 Å². The van der Waals surface area contributed by atoms with Crippen LogP contribution >= 0.6 is 12.6 Å². The van der Waals surface area contributed by atoms with Gasteiger partial charge in [-0.15, -0.1) is 12.6 Å². The van der Waals surface area contributed by atoms with Crippen LogP contribution in [0.5, 0.6) is 0 Å². The van der Waals surface area contributed by atoms with Gasteiger partial charge in [-0.1, -0.05) is 26.5 Å². The van der Waals surface area contributed by atoms with Gasteiger partial charge in [-0.2, -0.15) is 0 Å². The fraction of sp³-hybridized carbons (Fsp3) is 0.333. The second kappa shape index (κ2) is 3.18. The lowest BCUT2D eigenvalue weighted by Crippen LogP contribution is -2.14. The molecule has 0 amide bonds. The van der Waals surface area contributed by atoms with E-state index in [9.17, 15) is 0 Å². The molecule has 0 saturated carbocycles. The summed E-state index contributed by atoms with van der Waals surface area (Å²) in [6.45, 7) is 8.07. The Morgan fingerprint density at radius 3 is 2.55 bits per heavy atom. The lowest BCUT2D eigenvalue weighted by atomic mass is 10.0. The maximum atomic E-state index is 4.31. The molecule has 1 heterocycles. The second-order valence-corrected chi connectivity index (χ2v) is 3.39. The highest BCUT2D eigenvalue weighted by Crippen LogP contribution is 2.21. The van der Waals surface area contributed by atoms with E-state index in [1.165, 1.54) is 5.57 Å². The van der Waals surface area contributed by atoms with Gasteiger partial charge >= 0.3 is 0 Å². The second-order valence-electron chi connectivity index (χ2n) is 2.94. The number of allylic oxidation sites excluding steroid dienone is 3. The average Bonchev–Trinajstić information content (AvgIpc) is 1.85. The highest BCUT2D eigenvalue weighted by molar-refractivity contribution is 7.84. The van der Waals surface area contributed by atoms with Crippen LogP contribution in [0, 0.1) is 5.92 Å². The van der Waals surface area contributed by atoms with Crippen molar-refractivity contribution in [3.05, 3.63) is 35.0 Å². The van der Waals surface area contributed by atoms with Gasteiger partial charge in [0.15, 0.2) is 0 Å². The van der Waals surface area contributed by atoms with Crippen LogP contribution in [0.4, 0.5) is 0 Å². The van der Waals surface area contributed by atoms with E-state index in [0.717, 1.165) is 10.7 Å². The summed E-state index contributed by atoms with van der Waals surface area (Å²) in [7, 11) is 0. The summed E-state index contributed by atoms with van der Waals surface area (Å²) in [6, 6.07) is 0. The van der Waals surface area contributed by atoms with Gasteiger partial charge in [-0.05, 0) is 17.6 Å². The Balaban J connectivity index is 2.88. The Kier molecular flexibility index (Phi) is 2.45. The van der Waals surface area contributed by atoms with Gasteiger partial charge in [0.1, 0.15) is 0 Å². The number of hydrogen-bond acceptors (Lipinski definition) is 2. The molecule has 0 spiro atoms. The van der Waals surface area contributed by atoms with Gasteiger partial charge in [0.2, 0.25) is 0 Å². The van der Waals surface area contributed by atoms with Crippen molar-refractivity contribution in [3.8, 4) is 0 Å². The molecule has 1 aliphatic heterocycles. The van der Waals surface area contributed by atoms with Crippen molar-refractivity contribution < 1.29 is 0 Å². The summed E-state index contributed by atoms with van der Waals surface area (Å²) in [6.07, 6.45) is 4.03. The lowest BCUT2D eigenvalue weighted by Gasteiger charge is -2.17. The number of nitrogens with one attached hydrogen (secondary N) is 1. The zero-order valence-corrected chi connectivity index (χ0v) is 7.78. The third-order valence-corrected chi connectivity index (χ3v) is 2.01. The van der Waals surface area contributed by atoms with Gasteiger partial charge in [-0.3, -0.25) is 0 Å². The molecule has 0 saturated heterocycles. The van der Waals surface area contributed by atoms with Crippen molar-refractivity contribution in [1.82, 2.24) is 5.32 Å². The van der Waals surface area contributed by atoms with E-state index in [0.29, 0.717) is 5.92 Å². The molecule has 0 fully saturated rings. The summed E-state index contributed by atoms with van der Waals surface area (Å²) < 4.78 is 0. The third kappa shape index (κ3) is 1.90. The van der Waals surface area contributed by atoms with Crippen LogP contribution in [-0.4, -0.2) is 0 Å². The zero-order valence-electron chi connectivity index (χ0n) is 6.89. The Morgan fingerprint density at radius 2 is 2.09 bits per heavy atom. The molecule has 1 rings (SSSR count). The molecule has 2 heteroatoms. The van der Waals surface area contributed by atoms with E-state index < -0.39 is 0 Å². The normalized spacial score (nSPS) is 17.6. The molecule has 0 aliphatic carbocycles. The Bertz CT molecular complexity index is 236. The highest BCUT2D eigenvalue weighted by atomic mass is 32.1. The quantitative estimate of drug-likeness (QED) is 0.572. The fourth-order valence-corrected chi connectivity index (χ4v) is 1.48. The first-order chi connectivity index (χ1) is 5.11. The van der Waals surface area contributed by atoms with E-state index in [-0.39, 0.29) is 0 Å². The fourth-order valence-electron chi connectivity index (χ4n) is 1.00. The van der Waals surface area contributed by atoms with Gasteiger partial charge in [0.05, 0.1) is 5.03 Å². The number of thiol groups is 1. The molecule has 1 nitrogen and oxygen atoms in total. The number of rotatable bonds is 1. The van der Waals surface area contributed by atoms with Gasteiger partial charge in [-0.25, -0.2) is 0 Å². The largest absolute Gasteiger partial charge is 0.351 e. The molecular weight excluding hydrogens is 154 g/mol. The molecule has 1 N–H and O–H groups in total. The highest BCUT2D eigenvalue weighted by Gasteiger charge is 2.08. The minimum absolute atomic E-state index is 0.513. The van der Waals surface area contributed by atoms with E-state index >= 15 is 0 Å². The smallest absolute Gasteiger partial charge is 0.0729 e. The molecule has 0 bridgehead atoms. The maximum Gasteiger partial charge on any atom is 0.0729 e. The first-order valence-electron chi connectivity index (χ1n) is 3.68. The van der Waals surface area contributed by atoms with Crippen molar-refractivity contribution in [2.24, 2.45) is 5.92 Å². The molecule has 0 atom stereocenters. The number of hydrogen-bond donors (Lipinski definition) is 2. The minimum atomic E-state index is 0.513. The van der Waals surface area contributed by atoms with Crippen LogP contribution in [0.2, 0.25) is 0 Å². The summed E-state index contributed by atoms with van der Waals surface area (Å²) in [5.41, 5.74) is 2.14. The SMILES string of the molecule is C=C1C=CC(C(C)C)=C(S)N1. The molecule has 0 aromatic rings. The van der Waals surface area contributed by atoms with Crippen molar-refractivity contribution >= 4 is 12.6 Å². The summed E-state index contributed by atoms with van der Waals surface area (Å²) >= 11 is 4.31. The van der Waals surface area contributed by atoms with Crippen LogP contribution in [0.1, 0.15) is 13.8 Å². The lowest BCUT2D eigenvalue weighted by molar-refractivity contribution is 0.772. The molecule has 0 radical (unpaired) electrons. The first-order valence-corrected chi connectivity index (χ1v) is 4.13. The molecule has 1 aliphatic rings. The van der Waals surface area contributed by atoms with E-state index in [1.54, 1.807) is 0 Å². The van der Waals surface area contributed by atoms with Crippen LogP contribution in [-0.2, 0) is 0 Å². The van der Waals surface area contributed by atoms with Gasteiger partial charge < -0.3 is 5.32 Å². The average molecular weight is 167 g/mol. The molecular formula is C9H13NS. The Labute approximate surface area is 73.3 Å². The predicted octanol–water partition coefficient (Wildman–Crippen LogP) is 2.46. The molecule has 0 aromatic heterocycles. The van der Waals surface area contributed by atoms with Crippen LogP contribution < -0.4 is 5.32 Å². The third-order valence-electron chi connectivity index (χ3n) is 1.64. The zero-order chi connectivity index (χ0) is 8.43.